The van der Waals surface area contributed by atoms with Crippen molar-refractivity contribution in [2.45, 2.75) is 52.6 Å². The second-order valence-electron chi connectivity index (χ2n) is 3.97. The molecule has 0 aromatic carbocycles. The highest BCUT2D eigenvalue weighted by Gasteiger charge is 2.21. The Morgan fingerprint density at radius 2 is 1.79 bits per heavy atom. The van der Waals surface area contributed by atoms with Crippen molar-refractivity contribution >= 4 is 6.34 Å². The molecule has 0 aromatic rings. The summed E-state index contributed by atoms with van der Waals surface area (Å²) in [5, 5.41) is 6.62. The lowest BCUT2D eigenvalue weighted by molar-refractivity contribution is 0.144. The minimum Gasteiger partial charge on any atom is -0.340 e. The van der Waals surface area contributed by atoms with E-state index in [1.807, 2.05) is 6.34 Å². The summed E-state index contributed by atoms with van der Waals surface area (Å²) in [7, 11) is 0. The first-order valence-electron chi connectivity index (χ1n) is 5.86. The van der Waals surface area contributed by atoms with Gasteiger partial charge in [0.25, 0.3) is 0 Å². The molecule has 1 unspecified atom stereocenters. The summed E-state index contributed by atoms with van der Waals surface area (Å²) in [6, 6.07) is 0. The highest BCUT2D eigenvalue weighted by atomic mass is 15.6. The van der Waals surface area contributed by atoms with Gasteiger partial charge in [0.15, 0.2) is 0 Å². The first-order chi connectivity index (χ1) is 6.79. The van der Waals surface area contributed by atoms with E-state index in [-0.39, 0.29) is 0 Å². The smallest absolute Gasteiger partial charge is 0.116 e. The van der Waals surface area contributed by atoms with Crippen LogP contribution in [0.2, 0.25) is 0 Å². The molecule has 1 aliphatic heterocycles. The molecule has 0 fully saturated rings. The van der Waals surface area contributed by atoms with Gasteiger partial charge in [-0.2, -0.15) is 5.10 Å². The zero-order valence-corrected chi connectivity index (χ0v) is 9.74. The normalized spacial score (nSPS) is 20.9. The fraction of sp³-hybridized carbons (Fsp3) is 0.909. The molecule has 82 valence electrons. The van der Waals surface area contributed by atoms with E-state index in [1.54, 1.807) is 0 Å². The maximum absolute atomic E-state index is 4.42. The van der Waals surface area contributed by atoms with Gasteiger partial charge in [0.05, 0.1) is 0 Å². The van der Waals surface area contributed by atoms with Gasteiger partial charge in [-0.1, -0.05) is 26.7 Å². The number of hydrazone groups is 1. The van der Waals surface area contributed by atoms with Crippen LogP contribution in [0.15, 0.2) is 5.10 Å². The molecule has 14 heavy (non-hydrogen) atoms. The van der Waals surface area contributed by atoms with E-state index in [0.717, 1.165) is 13.1 Å². The van der Waals surface area contributed by atoms with Crippen molar-refractivity contribution < 1.29 is 0 Å². The lowest BCUT2D eigenvalue weighted by Crippen LogP contribution is -2.37. The molecule has 0 N–H and O–H groups in total. The minimum absolute atomic E-state index is 0.466. The van der Waals surface area contributed by atoms with Crippen LogP contribution in [0.25, 0.3) is 0 Å². The Balaban J connectivity index is 2.28. The third-order valence-electron chi connectivity index (χ3n) is 2.77. The van der Waals surface area contributed by atoms with Crippen molar-refractivity contribution in [1.82, 2.24) is 9.91 Å². The summed E-state index contributed by atoms with van der Waals surface area (Å²) in [4.78, 5) is 2.33. The minimum atomic E-state index is 0.466. The van der Waals surface area contributed by atoms with Gasteiger partial charge >= 0.3 is 0 Å². The molecule has 0 aromatic heterocycles. The average molecular weight is 197 g/mol. The fourth-order valence-corrected chi connectivity index (χ4v) is 1.65. The monoisotopic (exact) mass is 197 g/mol. The van der Waals surface area contributed by atoms with Gasteiger partial charge in [0, 0.05) is 13.1 Å². The van der Waals surface area contributed by atoms with E-state index >= 15 is 0 Å². The molecule has 1 rings (SSSR count). The van der Waals surface area contributed by atoms with Gasteiger partial charge in [-0.15, -0.1) is 0 Å². The molecule has 3 heteroatoms. The van der Waals surface area contributed by atoms with Crippen molar-refractivity contribution in [3.05, 3.63) is 0 Å². The number of hydrogen-bond acceptors (Lipinski definition) is 3. The van der Waals surface area contributed by atoms with Crippen LogP contribution in [0.1, 0.15) is 46.5 Å². The molecule has 0 bridgehead atoms. The molecule has 1 aliphatic rings. The van der Waals surface area contributed by atoms with Crippen LogP contribution in [0.5, 0.6) is 0 Å². The summed E-state index contributed by atoms with van der Waals surface area (Å²) in [5.41, 5.74) is 0. The second kappa shape index (κ2) is 5.89. The Kier molecular flexibility index (Phi) is 4.77. The van der Waals surface area contributed by atoms with Crippen LogP contribution < -0.4 is 0 Å². The third kappa shape index (κ3) is 2.89. The molecule has 1 atom stereocenters. The maximum atomic E-state index is 4.42. The lowest BCUT2D eigenvalue weighted by atomic mass is 10.3. The predicted octanol–water partition coefficient (Wildman–Crippen LogP) is 2.49. The van der Waals surface area contributed by atoms with Crippen molar-refractivity contribution in [2.75, 3.05) is 13.1 Å². The van der Waals surface area contributed by atoms with Crippen LogP contribution >= 0.6 is 0 Å². The van der Waals surface area contributed by atoms with Gasteiger partial charge in [-0.25, -0.2) is 0 Å². The highest BCUT2D eigenvalue weighted by molar-refractivity contribution is 5.56. The summed E-state index contributed by atoms with van der Waals surface area (Å²) in [6.45, 7) is 8.92. The largest absolute Gasteiger partial charge is 0.340 e. The Labute approximate surface area is 87.8 Å². The first kappa shape index (κ1) is 11.3. The van der Waals surface area contributed by atoms with Crippen LogP contribution in [0.3, 0.4) is 0 Å². The van der Waals surface area contributed by atoms with Crippen LogP contribution in [0.4, 0.5) is 0 Å². The third-order valence-corrected chi connectivity index (χ3v) is 2.77. The van der Waals surface area contributed by atoms with E-state index in [4.69, 9.17) is 0 Å². The summed E-state index contributed by atoms with van der Waals surface area (Å²) in [5.74, 6) is 0. The van der Waals surface area contributed by atoms with Gasteiger partial charge in [-0.05, 0) is 19.8 Å². The van der Waals surface area contributed by atoms with Gasteiger partial charge in [0.2, 0.25) is 0 Å². The molecule has 0 saturated carbocycles. The van der Waals surface area contributed by atoms with Crippen molar-refractivity contribution in [3.63, 3.8) is 0 Å². The van der Waals surface area contributed by atoms with Gasteiger partial charge in [-0.3, -0.25) is 5.01 Å². The molecule has 1 heterocycles. The Morgan fingerprint density at radius 3 is 2.43 bits per heavy atom. The molecule has 0 radical (unpaired) electrons. The SMILES string of the molecule is CCCCN1C=NN(CCCC)C1C. The van der Waals surface area contributed by atoms with E-state index < -0.39 is 0 Å². The fourth-order valence-electron chi connectivity index (χ4n) is 1.65. The zero-order chi connectivity index (χ0) is 10.4. The molecular formula is C11H23N3. The van der Waals surface area contributed by atoms with Crippen molar-refractivity contribution in [3.8, 4) is 0 Å². The maximum Gasteiger partial charge on any atom is 0.116 e. The van der Waals surface area contributed by atoms with Gasteiger partial charge in [0.1, 0.15) is 12.5 Å². The molecule has 3 nitrogen and oxygen atoms in total. The number of hydrogen-bond donors (Lipinski definition) is 0. The van der Waals surface area contributed by atoms with Crippen LogP contribution in [-0.4, -0.2) is 35.5 Å². The highest BCUT2D eigenvalue weighted by Crippen LogP contribution is 2.13. The van der Waals surface area contributed by atoms with E-state index in [2.05, 4.69) is 35.8 Å². The van der Waals surface area contributed by atoms with E-state index in [0.29, 0.717) is 6.17 Å². The molecule has 0 spiro atoms. The number of rotatable bonds is 6. The Hall–Kier alpha value is -0.730. The lowest BCUT2D eigenvalue weighted by Gasteiger charge is -2.27. The zero-order valence-electron chi connectivity index (χ0n) is 9.74. The first-order valence-corrected chi connectivity index (χ1v) is 5.86. The van der Waals surface area contributed by atoms with E-state index in [1.165, 1.54) is 25.7 Å². The standard InChI is InChI=1S/C11H23N3/c1-4-6-8-13-10-12-14(11(13)3)9-7-5-2/h10-11H,4-9H2,1-3H3. The quantitative estimate of drug-likeness (QED) is 0.651. The van der Waals surface area contributed by atoms with Crippen LogP contribution in [-0.2, 0) is 0 Å². The summed E-state index contributed by atoms with van der Waals surface area (Å²) < 4.78 is 0. The molecular weight excluding hydrogens is 174 g/mol. The predicted molar refractivity (Wildman–Crippen MR) is 61.2 cm³/mol. The summed E-state index contributed by atoms with van der Waals surface area (Å²) >= 11 is 0. The Morgan fingerprint density at radius 1 is 1.14 bits per heavy atom. The van der Waals surface area contributed by atoms with E-state index in [9.17, 15) is 0 Å². The molecule has 0 saturated heterocycles. The Bertz CT molecular complexity index is 161. The topological polar surface area (TPSA) is 18.8 Å². The average Bonchev–Trinajstić information content (AvgIpc) is 2.54. The van der Waals surface area contributed by atoms with Crippen molar-refractivity contribution in [2.24, 2.45) is 5.10 Å². The molecule has 0 amide bonds. The number of nitrogens with zero attached hydrogens (tertiary/aromatic N) is 3. The molecule has 0 aliphatic carbocycles. The second-order valence-corrected chi connectivity index (χ2v) is 3.97. The van der Waals surface area contributed by atoms with Crippen molar-refractivity contribution in [1.29, 1.82) is 0 Å². The van der Waals surface area contributed by atoms with Crippen LogP contribution in [0, 0.1) is 0 Å². The summed E-state index contributed by atoms with van der Waals surface area (Å²) in [6.07, 6.45) is 7.46. The van der Waals surface area contributed by atoms with Gasteiger partial charge < -0.3 is 4.90 Å². The number of unbranched alkanes of at least 4 members (excludes halogenated alkanes) is 2.